The van der Waals surface area contributed by atoms with Gasteiger partial charge in [0.1, 0.15) is 0 Å². The van der Waals surface area contributed by atoms with Crippen LogP contribution < -0.4 is 0 Å². The second kappa shape index (κ2) is 15.5. The Hall–Kier alpha value is -5.74. The van der Waals surface area contributed by atoms with Crippen LogP contribution in [0.2, 0.25) is 0 Å². The van der Waals surface area contributed by atoms with Crippen LogP contribution in [-0.4, -0.2) is 15.0 Å². The smallest absolute Gasteiger partial charge is 0.0847 e. The van der Waals surface area contributed by atoms with Gasteiger partial charge in [-0.25, -0.2) is 0 Å². The largest absolute Gasteiger partial charge is 0.506 e. The molecule has 261 valence electrons. The zero-order valence-electron chi connectivity index (χ0n) is 30.1. The molecule has 0 saturated heterocycles. The van der Waals surface area contributed by atoms with Crippen molar-refractivity contribution < 1.29 is 24.5 Å². The number of hydrogen-bond donors (Lipinski definition) is 0. The minimum Gasteiger partial charge on any atom is -0.506 e. The first-order valence-electron chi connectivity index (χ1n) is 17.5. The molecule has 5 heteroatoms. The van der Waals surface area contributed by atoms with Crippen LogP contribution >= 0.6 is 0 Å². The molecule has 0 amide bonds. The Balaban J connectivity index is 0.000000216. The summed E-state index contributed by atoms with van der Waals surface area (Å²) in [4.78, 5) is 13.7. The van der Waals surface area contributed by atoms with E-state index in [1.165, 1.54) is 55.3 Å². The molecule has 5 aromatic carbocycles. The van der Waals surface area contributed by atoms with Crippen molar-refractivity contribution in [1.82, 2.24) is 15.0 Å². The predicted molar refractivity (Wildman–Crippen MR) is 213 cm³/mol. The van der Waals surface area contributed by atoms with E-state index >= 15 is 0 Å². The standard InChI is InChI=1S/C33H21N2O.C15H16N.Ir/c1-2-5-24(6-3-1)26-11-10-25-18-22(8-9-27(25)20-26)17-23-12-15-34-31(19-23)30-21-28-13-16-36-33(28)32-29(30)7-4-14-35-32;1-10-5-6-14(7-11(10)2)15-8-12(3)13(4)9-16-15;/h1-16,18-20H,17H2;5,7-9H,1-4H3;/q2*-1;. The molecule has 0 fully saturated rings. The van der Waals surface area contributed by atoms with Crippen molar-refractivity contribution in [1.29, 1.82) is 0 Å². The molecule has 0 aliphatic heterocycles. The normalized spacial score (nSPS) is 10.9. The maximum atomic E-state index is 5.68. The first-order valence-corrected chi connectivity index (χ1v) is 17.5. The third-order valence-corrected chi connectivity index (χ3v) is 9.79. The molecule has 0 atom stereocenters. The Morgan fingerprint density at radius 2 is 1.40 bits per heavy atom. The maximum absolute atomic E-state index is 5.68. The van der Waals surface area contributed by atoms with Gasteiger partial charge in [0.15, 0.2) is 0 Å². The molecule has 0 aliphatic carbocycles. The number of aromatic nitrogens is 3. The van der Waals surface area contributed by atoms with Gasteiger partial charge >= 0.3 is 0 Å². The van der Waals surface area contributed by atoms with E-state index in [1.807, 2.05) is 30.6 Å². The fourth-order valence-corrected chi connectivity index (χ4v) is 6.55. The zero-order valence-corrected chi connectivity index (χ0v) is 32.5. The Kier molecular flexibility index (Phi) is 10.4. The molecule has 9 aromatic rings. The fourth-order valence-electron chi connectivity index (χ4n) is 6.55. The van der Waals surface area contributed by atoms with E-state index in [4.69, 9.17) is 9.40 Å². The number of rotatable bonds is 5. The fraction of sp³-hybridized carbons (Fsp3) is 0.104. The molecule has 0 spiro atoms. The SMILES string of the molecule is Cc1c[c-]c(-c2cc(C)c(C)cn2)cc1C.[Ir].[c-]1c(-c2cc(Cc3ccc4cc(-c5ccccc5)ccc4c3)ccn2)c2cccnc2c2occc12. The summed E-state index contributed by atoms with van der Waals surface area (Å²) in [7, 11) is 0. The Morgan fingerprint density at radius 3 is 2.23 bits per heavy atom. The van der Waals surface area contributed by atoms with E-state index in [9.17, 15) is 0 Å². The Morgan fingerprint density at radius 1 is 0.604 bits per heavy atom. The van der Waals surface area contributed by atoms with E-state index in [0.717, 1.165) is 50.8 Å². The molecule has 0 saturated carbocycles. The number of pyridine rings is 3. The molecule has 0 N–H and O–H groups in total. The van der Waals surface area contributed by atoms with E-state index in [0.29, 0.717) is 0 Å². The van der Waals surface area contributed by atoms with Crippen LogP contribution in [0.3, 0.4) is 0 Å². The first-order chi connectivity index (χ1) is 25.4. The maximum Gasteiger partial charge on any atom is 0.0847 e. The monoisotopic (exact) mass is 864 g/mol. The van der Waals surface area contributed by atoms with Crippen molar-refractivity contribution in [3.63, 3.8) is 0 Å². The summed E-state index contributed by atoms with van der Waals surface area (Å²) in [5, 5.41) is 4.40. The van der Waals surface area contributed by atoms with Gasteiger partial charge in [-0.3, -0.25) is 9.97 Å². The van der Waals surface area contributed by atoms with Crippen molar-refractivity contribution in [2.45, 2.75) is 34.1 Å². The summed E-state index contributed by atoms with van der Waals surface area (Å²) in [6.45, 7) is 8.41. The molecule has 0 unspecified atom stereocenters. The second-order valence-electron chi connectivity index (χ2n) is 13.4. The topological polar surface area (TPSA) is 51.8 Å². The van der Waals surface area contributed by atoms with Gasteiger partial charge in [-0.15, -0.1) is 41.0 Å². The molecule has 0 bridgehead atoms. The molecule has 0 aliphatic rings. The molecule has 53 heavy (non-hydrogen) atoms. The number of nitrogens with zero attached hydrogens (tertiary/aromatic N) is 3. The van der Waals surface area contributed by atoms with Crippen molar-refractivity contribution in [3.8, 4) is 33.6 Å². The number of furan rings is 1. The van der Waals surface area contributed by atoms with E-state index in [-0.39, 0.29) is 20.1 Å². The zero-order chi connectivity index (χ0) is 35.6. The van der Waals surface area contributed by atoms with Gasteiger partial charge in [0.2, 0.25) is 0 Å². The third kappa shape index (κ3) is 7.59. The van der Waals surface area contributed by atoms with Gasteiger partial charge < -0.3 is 9.40 Å². The summed E-state index contributed by atoms with van der Waals surface area (Å²) in [6.07, 6.45) is 8.11. The van der Waals surface area contributed by atoms with Crippen LogP contribution in [0.5, 0.6) is 0 Å². The van der Waals surface area contributed by atoms with E-state index < -0.39 is 0 Å². The van der Waals surface area contributed by atoms with Gasteiger partial charge in [-0.1, -0.05) is 127 Å². The summed E-state index contributed by atoms with van der Waals surface area (Å²) >= 11 is 0. The second-order valence-corrected chi connectivity index (χ2v) is 13.4. The molecule has 1 radical (unpaired) electrons. The Labute approximate surface area is 324 Å². The summed E-state index contributed by atoms with van der Waals surface area (Å²) in [5.41, 5.74) is 15.5. The first kappa shape index (κ1) is 35.7. The van der Waals surface area contributed by atoms with Gasteiger partial charge in [-0.05, 0) is 76.7 Å². The van der Waals surface area contributed by atoms with Crippen LogP contribution in [0.15, 0.2) is 145 Å². The van der Waals surface area contributed by atoms with Crippen molar-refractivity contribution in [3.05, 3.63) is 186 Å². The van der Waals surface area contributed by atoms with E-state index in [2.05, 4.69) is 147 Å². The van der Waals surface area contributed by atoms with Crippen molar-refractivity contribution in [2.75, 3.05) is 0 Å². The average molecular weight is 864 g/mol. The quantitative estimate of drug-likeness (QED) is 0.162. The minimum absolute atomic E-state index is 0. The van der Waals surface area contributed by atoms with E-state index in [1.54, 1.807) is 12.5 Å². The van der Waals surface area contributed by atoms with Crippen LogP contribution in [0, 0.1) is 39.8 Å². The number of benzene rings is 5. The van der Waals surface area contributed by atoms with Crippen LogP contribution in [-0.2, 0) is 26.5 Å². The summed E-state index contributed by atoms with van der Waals surface area (Å²) < 4.78 is 5.68. The number of hydrogen-bond acceptors (Lipinski definition) is 4. The summed E-state index contributed by atoms with van der Waals surface area (Å²) in [5.74, 6) is 0. The van der Waals surface area contributed by atoms with Gasteiger partial charge in [0.25, 0.3) is 0 Å². The van der Waals surface area contributed by atoms with Crippen LogP contribution in [0.4, 0.5) is 0 Å². The van der Waals surface area contributed by atoms with Gasteiger partial charge in [0.05, 0.1) is 5.58 Å². The minimum atomic E-state index is 0. The molecule has 4 nitrogen and oxygen atoms in total. The van der Waals surface area contributed by atoms with Crippen LogP contribution in [0.1, 0.15) is 33.4 Å². The average Bonchev–Trinajstić information content (AvgIpc) is 3.67. The number of fused-ring (bicyclic) bond motifs is 4. The predicted octanol–water partition coefficient (Wildman–Crippen LogP) is 12.0. The van der Waals surface area contributed by atoms with Gasteiger partial charge in [0, 0.05) is 56.2 Å². The number of aryl methyl sites for hydroxylation is 4. The van der Waals surface area contributed by atoms with Gasteiger partial charge in [-0.2, -0.15) is 0 Å². The summed E-state index contributed by atoms with van der Waals surface area (Å²) in [6, 6.07) is 47.2. The molecular weight excluding hydrogens is 827 g/mol. The molecule has 4 heterocycles. The molecule has 9 rings (SSSR count). The van der Waals surface area contributed by atoms with Crippen molar-refractivity contribution in [2.24, 2.45) is 0 Å². The molecular formula is C48H37IrN3O-2. The third-order valence-electron chi connectivity index (χ3n) is 9.79. The Bertz CT molecular complexity index is 2670. The van der Waals surface area contributed by atoms with Crippen LogP contribution in [0.25, 0.3) is 66.3 Å². The molecule has 4 aromatic heterocycles. The van der Waals surface area contributed by atoms with Crippen molar-refractivity contribution >= 4 is 32.6 Å².